The van der Waals surface area contributed by atoms with Gasteiger partial charge < -0.3 is 14.2 Å². The first-order chi connectivity index (χ1) is 13.1. The van der Waals surface area contributed by atoms with E-state index in [4.69, 9.17) is 4.74 Å². The molecule has 1 aliphatic heterocycles. The molecule has 4 heterocycles. The van der Waals surface area contributed by atoms with Crippen LogP contribution >= 0.6 is 11.3 Å². The number of thiazole rings is 1. The van der Waals surface area contributed by atoms with E-state index in [1.165, 1.54) is 11.3 Å². The van der Waals surface area contributed by atoms with Crippen molar-refractivity contribution in [2.45, 2.75) is 32.8 Å². The molecule has 0 aliphatic carbocycles. The maximum atomic E-state index is 12.9. The van der Waals surface area contributed by atoms with Crippen LogP contribution in [-0.4, -0.2) is 49.5 Å². The Morgan fingerprint density at radius 2 is 1.93 bits per heavy atom. The van der Waals surface area contributed by atoms with Gasteiger partial charge in [-0.3, -0.25) is 4.79 Å². The van der Waals surface area contributed by atoms with Crippen molar-refractivity contribution >= 4 is 17.2 Å². The number of nitrogens with zero attached hydrogens (tertiary/aromatic N) is 5. The second kappa shape index (κ2) is 7.48. The van der Waals surface area contributed by atoms with Crippen LogP contribution in [0.4, 0.5) is 0 Å². The summed E-state index contributed by atoms with van der Waals surface area (Å²) in [5.41, 5.74) is 0.781. The van der Waals surface area contributed by atoms with E-state index in [-0.39, 0.29) is 12.0 Å². The third-order valence-corrected chi connectivity index (χ3v) is 5.73. The normalized spacial score (nSPS) is 15.1. The zero-order valence-electron chi connectivity index (χ0n) is 15.3. The molecule has 1 saturated heterocycles. The van der Waals surface area contributed by atoms with Gasteiger partial charge in [0, 0.05) is 50.6 Å². The smallest absolute Gasteiger partial charge is 0.265 e. The fourth-order valence-corrected chi connectivity index (χ4v) is 4.15. The number of carbonyl (C=O) groups excluding carboxylic acids is 1. The summed E-state index contributed by atoms with van der Waals surface area (Å²) < 4.78 is 7.87. The minimum atomic E-state index is 0.0553. The van der Waals surface area contributed by atoms with E-state index in [0.29, 0.717) is 29.7 Å². The molecule has 1 aliphatic rings. The third kappa shape index (κ3) is 3.85. The zero-order valence-corrected chi connectivity index (χ0v) is 16.1. The van der Waals surface area contributed by atoms with Crippen LogP contribution in [0.25, 0.3) is 5.13 Å². The van der Waals surface area contributed by atoms with Crippen molar-refractivity contribution in [2.75, 3.05) is 13.1 Å². The maximum absolute atomic E-state index is 12.9. The highest BCUT2D eigenvalue weighted by atomic mass is 32.1. The molecule has 1 fully saturated rings. The van der Waals surface area contributed by atoms with Crippen LogP contribution < -0.4 is 4.74 Å². The summed E-state index contributed by atoms with van der Waals surface area (Å²) in [7, 11) is 0. The number of carbonyl (C=O) groups is 1. The van der Waals surface area contributed by atoms with Crippen LogP contribution in [-0.2, 0) is 0 Å². The Bertz CT molecular complexity index is 929. The summed E-state index contributed by atoms with van der Waals surface area (Å²) in [5.74, 6) is 1.35. The number of rotatable bonds is 4. The molecule has 4 rings (SSSR count). The Balaban J connectivity index is 1.39. The number of likely N-dealkylation sites (tertiary alicyclic amines) is 1. The monoisotopic (exact) mass is 383 g/mol. The summed E-state index contributed by atoms with van der Waals surface area (Å²) >= 11 is 1.44. The Hall–Kier alpha value is -2.74. The van der Waals surface area contributed by atoms with Gasteiger partial charge in [0.1, 0.15) is 16.8 Å². The van der Waals surface area contributed by atoms with E-state index in [1.807, 2.05) is 47.8 Å². The lowest BCUT2D eigenvalue weighted by molar-refractivity contribution is 0.0591. The van der Waals surface area contributed by atoms with E-state index >= 15 is 0 Å². The first-order valence-corrected chi connectivity index (χ1v) is 9.78. The van der Waals surface area contributed by atoms with Crippen molar-refractivity contribution < 1.29 is 9.53 Å². The molecule has 0 saturated carbocycles. The predicted octanol–water partition coefficient (Wildman–Crippen LogP) is 3.02. The van der Waals surface area contributed by atoms with Gasteiger partial charge in [-0.05, 0) is 26.0 Å². The van der Waals surface area contributed by atoms with E-state index in [9.17, 15) is 4.79 Å². The number of piperidine rings is 1. The van der Waals surface area contributed by atoms with Gasteiger partial charge in [0.15, 0.2) is 5.13 Å². The van der Waals surface area contributed by atoms with Gasteiger partial charge in [-0.2, -0.15) is 4.98 Å². The molecule has 0 unspecified atom stereocenters. The molecule has 0 spiro atoms. The quantitative estimate of drug-likeness (QED) is 0.692. The zero-order chi connectivity index (χ0) is 18.8. The highest BCUT2D eigenvalue weighted by Gasteiger charge is 2.27. The van der Waals surface area contributed by atoms with Gasteiger partial charge in [-0.1, -0.05) is 11.3 Å². The van der Waals surface area contributed by atoms with Crippen molar-refractivity contribution in [3.8, 4) is 11.0 Å². The number of ether oxygens (including phenoxy) is 1. The molecule has 140 valence electrons. The number of hydrogen-bond donors (Lipinski definition) is 0. The Morgan fingerprint density at radius 3 is 2.63 bits per heavy atom. The van der Waals surface area contributed by atoms with Gasteiger partial charge in [0.05, 0.1) is 5.69 Å². The standard InChI is InChI=1S/C19H21N5O2S/c1-13-17(27-19(21-13)24-9-3-4-10-24)18(25)23-11-6-15(7-12-23)26-16-5-8-20-14(2)22-16/h3-5,8-10,15H,6-7,11-12H2,1-2H3. The van der Waals surface area contributed by atoms with Crippen LogP contribution in [0, 0.1) is 13.8 Å². The van der Waals surface area contributed by atoms with Crippen LogP contribution in [0.3, 0.4) is 0 Å². The van der Waals surface area contributed by atoms with Crippen LogP contribution in [0.15, 0.2) is 36.8 Å². The van der Waals surface area contributed by atoms with E-state index in [1.54, 1.807) is 12.3 Å². The Kier molecular flexibility index (Phi) is 4.89. The molecule has 3 aromatic rings. The molecule has 0 bridgehead atoms. The molecule has 0 atom stereocenters. The fourth-order valence-electron chi connectivity index (χ4n) is 3.14. The summed E-state index contributed by atoms with van der Waals surface area (Å²) in [6, 6.07) is 5.66. The third-order valence-electron chi connectivity index (χ3n) is 4.57. The fraction of sp³-hybridized carbons (Fsp3) is 0.368. The Labute approximate surface area is 161 Å². The van der Waals surface area contributed by atoms with Crippen molar-refractivity contribution in [1.29, 1.82) is 0 Å². The molecule has 1 amide bonds. The molecule has 7 nitrogen and oxygen atoms in total. The minimum absolute atomic E-state index is 0.0553. The van der Waals surface area contributed by atoms with Crippen LogP contribution in [0.5, 0.6) is 5.88 Å². The van der Waals surface area contributed by atoms with Crippen LogP contribution in [0.1, 0.15) is 34.0 Å². The van der Waals surface area contributed by atoms with Gasteiger partial charge in [0.2, 0.25) is 5.88 Å². The summed E-state index contributed by atoms with van der Waals surface area (Å²) in [6.07, 6.45) is 7.22. The Morgan fingerprint density at radius 1 is 1.19 bits per heavy atom. The van der Waals surface area contributed by atoms with E-state index < -0.39 is 0 Å². The van der Waals surface area contributed by atoms with Crippen molar-refractivity contribution in [3.05, 3.63) is 53.2 Å². The average Bonchev–Trinajstić information content (AvgIpc) is 3.31. The van der Waals surface area contributed by atoms with E-state index in [0.717, 1.165) is 23.7 Å². The highest BCUT2D eigenvalue weighted by molar-refractivity contribution is 7.16. The molecular formula is C19H21N5O2S. The lowest BCUT2D eigenvalue weighted by Gasteiger charge is -2.31. The number of aromatic nitrogens is 4. The summed E-state index contributed by atoms with van der Waals surface area (Å²) in [5, 5.41) is 0.818. The van der Waals surface area contributed by atoms with Crippen molar-refractivity contribution in [1.82, 2.24) is 24.4 Å². The van der Waals surface area contributed by atoms with Crippen molar-refractivity contribution in [3.63, 3.8) is 0 Å². The largest absolute Gasteiger partial charge is 0.474 e. The lowest BCUT2D eigenvalue weighted by atomic mass is 10.1. The average molecular weight is 383 g/mol. The second-order valence-electron chi connectivity index (χ2n) is 6.55. The number of aryl methyl sites for hydroxylation is 2. The first-order valence-electron chi connectivity index (χ1n) is 8.96. The van der Waals surface area contributed by atoms with Gasteiger partial charge in [-0.15, -0.1) is 0 Å². The van der Waals surface area contributed by atoms with Gasteiger partial charge in [-0.25, -0.2) is 9.97 Å². The molecule has 0 radical (unpaired) electrons. The number of amides is 1. The van der Waals surface area contributed by atoms with E-state index in [2.05, 4.69) is 15.0 Å². The first kappa shape index (κ1) is 17.7. The topological polar surface area (TPSA) is 73.1 Å². The second-order valence-corrected chi connectivity index (χ2v) is 7.53. The molecule has 3 aromatic heterocycles. The SMILES string of the molecule is Cc1nccc(OC2CCN(C(=O)c3sc(-n4cccc4)nc3C)CC2)n1. The van der Waals surface area contributed by atoms with Crippen molar-refractivity contribution in [2.24, 2.45) is 0 Å². The molecule has 27 heavy (non-hydrogen) atoms. The predicted molar refractivity (Wildman–Crippen MR) is 103 cm³/mol. The lowest BCUT2D eigenvalue weighted by Crippen LogP contribution is -2.41. The molecule has 8 heteroatoms. The highest BCUT2D eigenvalue weighted by Crippen LogP contribution is 2.25. The molecule has 0 N–H and O–H groups in total. The minimum Gasteiger partial charge on any atom is -0.474 e. The van der Waals surface area contributed by atoms with Gasteiger partial charge >= 0.3 is 0 Å². The van der Waals surface area contributed by atoms with Gasteiger partial charge in [0.25, 0.3) is 5.91 Å². The molecular weight excluding hydrogens is 362 g/mol. The maximum Gasteiger partial charge on any atom is 0.265 e. The number of hydrogen-bond acceptors (Lipinski definition) is 6. The summed E-state index contributed by atoms with van der Waals surface area (Å²) in [6.45, 7) is 5.07. The van der Waals surface area contributed by atoms with Crippen LogP contribution in [0.2, 0.25) is 0 Å². The molecule has 0 aromatic carbocycles. The summed E-state index contributed by atoms with van der Waals surface area (Å²) in [4.78, 5) is 28.5.